The predicted octanol–water partition coefficient (Wildman–Crippen LogP) is 0.491. The second kappa shape index (κ2) is 6.58. The largest absolute Gasteiger partial charge is 0.381 e. The summed E-state index contributed by atoms with van der Waals surface area (Å²) in [6.07, 6.45) is 5.90. The fourth-order valence-electron chi connectivity index (χ4n) is 3.15. The molecule has 21 heavy (non-hydrogen) atoms. The standard InChI is InChI=1S/C15H24N4O2/c1-17-10-13(9-16-17)11-18-4-2-5-19(7-6-18)15(20)14-3-8-21-12-14/h9-10,14H,2-8,11-12H2,1H3/t14-/m0/s1. The Morgan fingerprint density at radius 2 is 2.29 bits per heavy atom. The summed E-state index contributed by atoms with van der Waals surface area (Å²) >= 11 is 0. The fraction of sp³-hybridized carbons (Fsp3) is 0.733. The zero-order valence-corrected chi connectivity index (χ0v) is 12.7. The number of aromatic nitrogens is 2. The molecule has 0 spiro atoms. The van der Waals surface area contributed by atoms with Crippen LogP contribution in [0.15, 0.2) is 12.4 Å². The van der Waals surface area contributed by atoms with Crippen molar-refractivity contribution in [1.82, 2.24) is 19.6 Å². The van der Waals surface area contributed by atoms with Crippen LogP contribution in [0.3, 0.4) is 0 Å². The molecule has 0 saturated carbocycles. The number of hydrogen-bond acceptors (Lipinski definition) is 4. The minimum Gasteiger partial charge on any atom is -0.381 e. The highest BCUT2D eigenvalue weighted by Crippen LogP contribution is 2.17. The van der Waals surface area contributed by atoms with Crippen molar-refractivity contribution in [2.45, 2.75) is 19.4 Å². The van der Waals surface area contributed by atoms with E-state index < -0.39 is 0 Å². The van der Waals surface area contributed by atoms with Crippen molar-refractivity contribution < 1.29 is 9.53 Å². The Bertz CT molecular complexity index is 482. The Balaban J connectivity index is 1.52. The topological polar surface area (TPSA) is 50.6 Å². The van der Waals surface area contributed by atoms with E-state index in [0.717, 1.165) is 52.2 Å². The van der Waals surface area contributed by atoms with Gasteiger partial charge in [-0.05, 0) is 12.8 Å². The van der Waals surface area contributed by atoms with E-state index in [4.69, 9.17) is 4.74 Å². The van der Waals surface area contributed by atoms with Crippen LogP contribution in [-0.2, 0) is 23.1 Å². The van der Waals surface area contributed by atoms with Crippen molar-refractivity contribution >= 4 is 5.91 Å². The second-order valence-electron chi connectivity index (χ2n) is 6.04. The average molecular weight is 292 g/mol. The van der Waals surface area contributed by atoms with Crippen LogP contribution in [0.2, 0.25) is 0 Å². The molecule has 0 radical (unpaired) electrons. The van der Waals surface area contributed by atoms with Crippen molar-refractivity contribution in [2.24, 2.45) is 13.0 Å². The van der Waals surface area contributed by atoms with E-state index in [0.29, 0.717) is 6.61 Å². The van der Waals surface area contributed by atoms with Gasteiger partial charge in [0, 0.05) is 58.1 Å². The fourth-order valence-corrected chi connectivity index (χ4v) is 3.15. The number of amides is 1. The van der Waals surface area contributed by atoms with Gasteiger partial charge < -0.3 is 9.64 Å². The summed E-state index contributed by atoms with van der Waals surface area (Å²) in [5.74, 6) is 0.380. The number of carbonyl (C=O) groups excluding carboxylic acids is 1. The van der Waals surface area contributed by atoms with E-state index in [-0.39, 0.29) is 11.8 Å². The van der Waals surface area contributed by atoms with Crippen molar-refractivity contribution in [3.63, 3.8) is 0 Å². The summed E-state index contributed by atoms with van der Waals surface area (Å²) in [5.41, 5.74) is 1.24. The van der Waals surface area contributed by atoms with Crippen molar-refractivity contribution in [3.8, 4) is 0 Å². The number of aryl methyl sites for hydroxylation is 1. The van der Waals surface area contributed by atoms with Crippen LogP contribution in [0.5, 0.6) is 0 Å². The first-order valence-corrected chi connectivity index (χ1v) is 7.79. The van der Waals surface area contributed by atoms with Gasteiger partial charge in [0.15, 0.2) is 0 Å². The SMILES string of the molecule is Cn1cc(CN2CCCN(C(=O)[C@H]3CCOC3)CC2)cn1. The maximum absolute atomic E-state index is 12.4. The third-order valence-electron chi connectivity index (χ3n) is 4.34. The van der Waals surface area contributed by atoms with Crippen LogP contribution in [0, 0.1) is 5.92 Å². The maximum Gasteiger partial charge on any atom is 0.228 e. The predicted molar refractivity (Wildman–Crippen MR) is 78.6 cm³/mol. The highest BCUT2D eigenvalue weighted by molar-refractivity contribution is 5.79. The summed E-state index contributed by atoms with van der Waals surface area (Å²) in [5, 5.41) is 4.21. The second-order valence-corrected chi connectivity index (χ2v) is 6.04. The lowest BCUT2D eigenvalue weighted by atomic mass is 10.1. The minimum absolute atomic E-state index is 0.0925. The highest BCUT2D eigenvalue weighted by atomic mass is 16.5. The molecule has 1 amide bonds. The molecule has 0 N–H and O–H groups in total. The Morgan fingerprint density at radius 1 is 1.38 bits per heavy atom. The van der Waals surface area contributed by atoms with E-state index in [9.17, 15) is 4.79 Å². The van der Waals surface area contributed by atoms with Gasteiger partial charge in [0.25, 0.3) is 0 Å². The van der Waals surface area contributed by atoms with Gasteiger partial charge >= 0.3 is 0 Å². The Hall–Kier alpha value is -1.40. The van der Waals surface area contributed by atoms with Gasteiger partial charge in [-0.3, -0.25) is 14.4 Å². The molecular weight excluding hydrogens is 268 g/mol. The number of carbonyl (C=O) groups is 1. The summed E-state index contributed by atoms with van der Waals surface area (Å²) in [6.45, 7) is 5.94. The monoisotopic (exact) mass is 292 g/mol. The van der Waals surface area contributed by atoms with Crippen LogP contribution < -0.4 is 0 Å². The van der Waals surface area contributed by atoms with Crippen LogP contribution >= 0.6 is 0 Å². The van der Waals surface area contributed by atoms with E-state index in [2.05, 4.69) is 16.2 Å². The summed E-state index contributed by atoms with van der Waals surface area (Å²) < 4.78 is 7.17. The van der Waals surface area contributed by atoms with Gasteiger partial charge in [0.05, 0.1) is 18.7 Å². The highest BCUT2D eigenvalue weighted by Gasteiger charge is 2.29. The maximum atomic E-state index is 12.4. The molecule has 3 rings (SSSR count). The molecule has 116 valence electrons. The van der Waals surface area contributed by atoms with Crippen LogP contribution in [0.1, 0.15) is 18.4 Å². The van der Waals surface area contributed by atoms with Crippen LogP contribution in [0.4, 0.5) is 0 Å². The molecule has 0 aliphatic carbocycles. The van der Waals surface area contributed by atoms with Crippen molar-refractivity contribution in [2.75, 3.05) is 39.4 Å². The lowest BCUT2D eigenvalue weighted by Crippen LogP contribution is -2.39. The molecule has 1 aromatic heterocycles. The minimum atomic E-state index is 0.0925. The molecule has 2 fully saturated rings. The molecule has 2 aliphatic heterocycles. The van der Waals surface area contributed by atoms with E-state index in [1.807, 2.05) is 22.8 Å². The summed E-state index contributed by atoms with van der Waals surface area (Å²) in [7, 11) is 1.94. The first kappa shape index (κ1) is 14.5. The average Bonchev–Trinajstić information content (AvgIpc) is 3.08. The quantitative estimate of drug-likeness (QED) is 0.813. The zero-order valence-electron chi connectivity index (χ0n) is 12.7. The van der Waals surface area contributed by atoms with Gasteiger partial charge in [-0.1, -0.05) is 0 Å². The van der Waals surface area contributed by atoms with E-state index >= 15 is 0 Å². The lowest BCUT2D eigenvalue weighted by Gasteiger charge is -2.23. The normalized spacial score (nSPS) is 24.2. The Kier molecular flexibility index (Phi) is 4.55. The van der Waals surface area contributed by atoms with Gasteiger partial charge in [0.1, 0.15) is 0 Å². The Labute approximate surface area is 125 Å². The zero-order chi connectivity index (χ0) is 14.7. The van der Waals surface area contributed by atoms with Gasteiger partial charge in [-0.25, -0.2) is 0 Å². The molecule has 2 aliphatic rings. The number of hydrogen-bond donors (Lipinski definition) is 0. The molecule has 6 nitrogen and oxygen atoms in total. The van der Waals surface area contributed by atoms with Gasteiger partial charge in [0.2, 0.25) is 5.91 Å². The van der Waals surface area contributed by atoms with Crippen molar-refractivity contribution in [3.05, 3.63) is 18.0 Å². The first-order valence-electron chi connectivity index (χ1n) is 7.79. The molecule has 0 unspecified atom stereocenters. The summed E-state index contributed by atoms with van der Waals surface area (Å²) in [4.78, 5) is 16.9. The van der Waals surface area contributed by atoms with Gasteiger partial charge in [-0.2, -0.15) is 5.10 Å². The molecule has 0 bridgehead atoms. The van der Waals surface area contributed by atoms with E-state index in [1.165, 1.54) is 5.56 Å². The first-order chi connectivity index (χ1) is 10.2. The number of rotatable bonds is 3. The smallest absolute Gasteiger partial charge is 0.228 e. The third-order valence-corrected chi connectivity index (χ3v) is 4.34. The molecule has 6 heteroatoms. The van der Waals surface area contributed by atoms with Crippen LogP contribution in [0.25, 0.3) is 0 Å². The molecule has 1 atom stereocenters. The lowest BCUT2D eigenvalue weighted by molar-refractivity contribution is -0.135. The molecule has 0 aromatic carbocycles. The summed E-state index contributed by atoms with van der Waals surface area (Å²) in [6, 6.07) is 0. The number of nitrogens with zero attached hydrogens (tertiary/aromatic N) is 4. The molecular formula is C15H24N4O2. The molecule has 1 aromatic rings. The third kappa shape index (κ3) is 3.63. The molecule has 2 saturated heterocycles. The van der Waals surface area contributed by atoms with E-state index in [1.54, 1.807) is 0 Å². The number of ether oxygens (including phenoxy) is 1. The van der Waals surface area contributed by atoms with Gasteiger partial charge in [-0.15, -0.1) is 0 Å². The van der Waals surface area contributed by atoms with Crippen molar-refractivity contribution in [1.29, 1.82) is 0 Å². The Morgan fingerprint density at radius 3 is 3.00 bits per heavy atom. The van der Waals surface area contributed by atoms with Crippen LogP contribution in [-0.4, -0.2) is 64.9 Å². The molecule has 3 heterocycles.